The van der Waals surface area contributed by atoms with Crippen molar-refractivity contribution in [1.82, 2.24) is 9.97 Å². The van der Waals surface area contributed by atoms with Gasteiger partial charge in [-0.25, -0.2) is 4.98 Å². The molecular weight excluding hydrogens is 296 g/mol. The van der Waals surface area contributed by atoms with E-state index in [1.54, 1.807) is 12.4 Å². The van der Waals surface area contributed by atoms with Gasteiger partial charge in [0.2, 0.25) is 0 Å². The molecule has 0 radical (unpaired) electrons. The van der Waals surface area contributed by atoms with Gasteiger partial charge in [0.15, 0.2) is 0 Å². The van der Waals surface area contributed by atoms with Crippen molar-refractivity contribution in [2.45, 2.75) is 19.8 Å². The number of halogens is 1. The van der Waals surface area contributed by atoms with E-state index in [0.29, 0.717) is 10.9 Å². The fourth-order valence-electron chi connectivity index (χ4n) is 2.95. The van der Waals surface area contributed by atoms with Crippen LogP contribution in [0.2, 0.25) is 5.02 Å². The first-order chi connectivity index (χ1) is 10.7. The van der Waals surface area contributed by atoms with E-state index in [-0.39, 0.29) is 0 Å². The summed E-state index contributed by atoms with van der Waals surface area (Å²) in [6, 6.07) is 6.04. The van der Waals surface area contributed by atoms with E-state index in [0.717, 1.165) is 55.1 Å². The third-order valence-electron chi connectivity index (χ3n) is 4.38. The minimum absolute atomic E-state index is 0.640. The summed E-state index contributed by atoms with van der Waals surface area (Å²) in [5.74, 6) is 1.61. The normalized spacial score (nSPS) is 16.0. The monoisotopic (exact) mass is 316 g/mol. The predicted octanol–water partition coefficient (Wildman–Crippen LogP) is 3.28. The molecule has 0 saturated carbocycles. The molecule has 2 aromatic rings. The van der Waals surface area contributed by atoms with E-state index in [9.17, 15) is 0 Å². The fraction of sp³-hybridized carbons (Fsp3) is 0.412. The summed E-state index contributed by atoms with van der Waals surface area (Å²) >= 11 is 6.35. The molecule has 0 bridgehead atoms. The highest BCUT2D eigenvalue weighted by atomic mass is 35.5. The molecule has 1 fully saturated rings. The van der Waals surface area contributed by atoms with Crippen LogP contribution in [0.1, 0.15) is 18.4 Å². The van der Waals surface area contributed by atoms with Gasteiger partial charge < -0.3 is 10.6 Å². The molecule has 5 heteroatoms. The highest BCUT2D eigenvalue weighted by Gasteiger charge is 2.20. The van der Waals surface area contributed by atoms with E-state index >= 15 is 0 Å². The minimum Gasteiger partial charge on any atom is -0.357 e. The van der Waals surface area contributed by atoms with Gasteiger partial charge in [0.05, 0.1) is 10.7 Å². The zero-order chi connectivity index (χ0) is 15.5. The molecule has 22 heavy (non-hydrogen) atoms. The van der Waals surface area contributed by atoms with Gasteiger partial charge in [0.25, 0.3) is 0 Å². The molecule has 3 rings (SSSR count). The molecule has 2 aromatic heterocycles. The SMILES string of the molecule is Cc1cccnc1-c1cc(N2CCC(CN)CC2)ncc1Cl. The van der Waals surface area contributed by atoms with Crippen molar-refractivity contribution in [2.24, 2.45) is 11.7 Å². The number of piperidine rings is 1. The maximum Gasteiger partial charge on any atom is 0.129 e. The van der Waals surface area contributed by atoms with Crippen molar-refractivity contribution in [2.75, 3.05) is 24.5 Å². The minimum atomic E-state index is 0.640. The Morgan fingerprint density at radius 1 is 1.32 bits per heavy atom. The largest absolute Gasteiger partial charge is 0.357 e. The first-order valence-corrected chi connectivity index (χ1v) is 8.09. The van der Waals surface area contributed by atoms with Gasteiger partial charge in [-0.05, 0) is 49.9 Å². The van der Waals surface area contributed by atoms with Crippen LogP contribution < -0.4 is 10.6 Å². The lowest BCUT2D eigenvalue weighted by Gasteiger charge is -2.32. The van der Waals surface area contributed by atoms with Gasteiger partial charge in [-0.3, -0.25) is 4.98 Å². The van der Waals surface area contributed by atoms with Crippen molar-refractivity contribution >= 4 is 17.4 Å². The van der Waals surface area contributed by atoms with Gasteiger partial charge >= 0.3 is 0 Å². The van der Waals surface area contributed by atoms with Crippen LogP contribution in [0.25, 0.3) is 11.3 Å². The quantitative estimate of drug-likeness (QED) is 0.944. The molecule has 0 aliphatic carbocycles. The van der Waals surface area contributed by atoms with Gasteiger partial charge in [0, 0.05) is 31.0 Å². The second kappa shape index (κ2) is 6.63. The van der Waals surface area contributed by atoms with Crippen LogP contribution >= 0.6 is 11.6 Å². The van der Waals surface area contributed by atoms with Crippen LogP contribution in [0.5, 0.6) is 0 Å². The van der Waals surface area contributed by atoms with Crippen molar-refractivity contribution in [3.8, 4) is 11.3 Å². The van der Waals surface area contributed by atoms with E-state index in [1.165, 1.54) is 0 Å². The molecule has 1 saturated heterocycles. The first-order valence-electron chi connectivity index (χ1n) is 7.71. The summed E-state index contributed by atoms with van der Waals surface area (Å²) in [6.45, 7) is 4.82. The molecule has 3 heterocycles. The lowest BCUT2D eigenvalue weighted by molar-refractivity contribution is 0.413. The summed E-state index contributed by atoms with van der Waals surface area (Å²) in [5.41, 5.74) is 8.75. The number of aromatic nitrogens is 2. The number of nitrogens with zero attached hydrogens (tertiary/aromatic N) is 3. The average Bonchev–Trinajstić information content (AvgIpc) is 2.56. The van der Waals surface area contributed by atoms with Gasteiger partial charge in [-0.2, -0.15) is 0 Å². The van der Waals surface area contributed by atoms with Crippen LogP contribution in [0.15, 0.2) is 30.6 Å². The van der Waals surface area contributed by atoms with Crippen LogP contribution in [0.4, 0.5) is 5.82 Å². The highest BCUT2D eigenvalue weighted by Crippen LogP contribution is 2.32. The summed E-state index contributed by atoms with van der Waals surface area (Å²) in [4.78, 5) is 11.3. The van der Waals surface area contributed by atoms with Crippen molar-refractivity contribution < 1.29 is 0 Å². The van der Waals surface area contributed by atoms with Crippen molar-refractivity contribution in [3.05, 3.63) is 41.2 Å². The fourth-order valence-corrected chi connectivity index (χ4v) is 3.14. The predicted molar refractivity (Wildman–Crippen MR) is 91.2 cm³/mol. The number of rotatable bonds is 3. The van der Waals surface area contributed by atoms with E-state index in [1.807, 2.05) is 19.1 Å². The Labute approximate surface area is 136 Å². The van der Waals surface area contributed by atoms with Gasteiger partial charge in [-0.1, -0.05) is 17.7 Å². The molecule has 2 N–H and O–H groups in total. The Morgan fingerprint density at radius 2 is 2.09 bits per heavy atom. The standard InChI is InChI=1S/C17H21ClN4/c1-12-3-2-6-20-17(12)14-9-16(21-11-15(14)18)22-7-4-13(10-19)5-8-22/h2-3,6,9,11,13H,4-5,7-8,10,19H2,1H3. The molecule has 0 atom stereocenters. The molecule has 1 aliphatic rings. The van der Waals surface area contributed by atoms with E-state index in [4.69, 9.17) is 17.3 Å². The highest BCUT2D eigenvalue weighted by molar-refractivity contribution is 6.33. The number of anilines is 1. The lowest BCUT2D eigenvalue weighted by atomic mass is 9.97. The number of nitrogens with two attached hydrogens (primary N) is 1. The molecule has 116 valence electrons. The lowest BCUT2D eigenvalue weighted by Crippen LogP contribution is -2.36. The molecule has 1 aliphatic heterocycles. The summed E-state index contributed by atoms with van der Waals surface area (Å²) in [7, 11) is 0. The zero-order valence-corrected chi connectivity index (χ0v) is 13.6. The number of aryl methyl sites for hydroxylation is 1. The molecule has 4 nitrogen and oxygen atoms in total. The second-order valence-corrected chi connectivity index (χ2v) is 6.26. The number of pyridine rings is 2. The summed E-state index contributed by atoms with van der Waals surface area (Å²) < 4.78 is 0. The topological polar surface area (TPSA) is 55.0 Å². The summed E-state index contributed by atoms with van der Waals surface area (Å²) in [5, 5.41) is 0.641. The molecular formula is C17H21ClN4. The number of hydrogen-bond donors (Lipinski definition) is 1. The van der Waals surface area contributed by atoms with Crippen molar-refractivity contribution in [3.63, 3.8) is 0 Å². The Morgan fingerprint density at radius 3 is 2.77 bits per heavy atom. The van der Waals surface area contributed by atoms with E-state index < -0.39 is 0 Å². The van der Waals surface area contributed by atoms with Gasteiger partial charge in [0.1, 0.15) is 5.82 Å². The zero-order valence-electron chi connectivity index (χ0n) is 12.8. The van der Waals surface area contributed by atoms with Crippen LogP contribution in [-0.4, -0.2) is 29.6 Å². The molecule has 0 aromatic carbocycles. The average molecular weight is 317 g/mol. The maximum atomic E-state index is 6.35. The number of hydrogen-bond acceptors (Lipinski definition) is 4. The molecule has 0 spiro atoms. The van der Waals surface area contributed by atoms with Crippen LogP contribution in [-0.2, 0) is 0 Å². The summed E-state index contributed by atoms with van der Waals surface area (Å²) in [6.07, 6.45) is 5.78. The first kappa shape index (κ1) is 15.3. The van der Waals surface area contributed by atoms with Crippen molar-refractivity contribution in [1.29, 1.82) is 0 Å². The van der Waals surface area contributed by atoms with E-state index in [2.05, 4.69) is 20.9 Å². The third-order valence-corrected chi connectivity index (χ3v) is 4.68. The second-order valence-electron chi connectivity index (χ2n) is 5.86. The molecule has 0 amide bonds. The third kappa shape index (κ3) is 3.08. The van der Waals surface area contributed by atoms with Gasteiger partial charge in [-0.15, -0.1) is 0 Å². The molecule has 0 unspecified atom stereocenters. The van der Waals surface area contributed by atoms with Crippen LogP contribution in [0, 0.1) is 12.8 Å². The van der Waals surface area contributed by atoms with Crippen LogP contribution in [0.3, 0.4) is 0 Å². The Bertz CT molecular complexity index is 651. The smallest absolute Gasteiger partial charge is 0.129 e. The Hall–Kier alpha value is -1.65. The maximum absolute atomic E-state index is 6.35. The Kier molecular flexibility index (Phi) is 4.60. The Balaban J connectivity index is 1.89.